The molecule has 0 saturated heterocycles. The number of thiazole rings is 1. The zero-order chi connectivity index (χ0) is 22.6. The van der Waals surface area contributed by atoms with Crippen LogP contribution in [-0.2, 0) is 16.6 Å². The van der Waals surface area contributed by atoms with Crippen molar-refractivity contribution in [3.05, 3.63) is 69.5 Å². The minimum atomic E-state index is -3.84. The lowest BCUT2D eigenvalue weighted by Crippen LogP contribution is -2.30. The van der Waals surface area contributed by atoms with E-state index in [1.165, 1.54) is 39.9 Å². The van der Waals surface area contributed by atoms with E-state index in [0.29, 0.717) is 10.7 Å². The third-order valence-corrected chi connectivity index (χ3v) is 7.47. The summed E-state index contributed by atoms with van der Waals surface area (Å²) in [6, 6.07) is 9.47. The third kappa shape index (κ3) is 5.06. The van der Waals surface area contributed by atoms with Crippen molar-refractivity contribution in [2.75, 3.05) is 13.1 Å². The van der Waals surface area contributed by atoms with Crippen LogP contribution in [0, 0.1) is 15.9 Å². The molecule has 0 aliphatic rings. The van der Waals surface area contributed by atoms with Gasteiger partial charge in [0.05, 0.1) is 15.5 Å². The molecule has 3 rings (SSSR count). The fraction of sp³-hybridized carbons (Fsp3) is 0.250. The molecule has 164 valence electrons. The van der Waals surface area contributed by atoms with Crippen molar-refractivity contribution in [2.45, 2.75) is 25.3 Å². The normalized spacial score (nSPS) is 11.6. The van der Waals surface area contributed by atoms with Gasteiger partial charge in [0.1, 0.15) is 17.4 Å². The van der Waals surface area contributed by atoms with E-state index < -0.39 is 20.6 Å². The molecule has 0 N–H and O–H groups in total. The first-order chi connectivity index (χ1) is 14.8. The molecule has 8 nitrogen and oxygen atoms in total. The van der Waals surface area contributed by atoms with Crippen molar-refractivity contribution in [1.82, 2.24) is 9.29 Å². The predicted octanol–water partition coefficient (Wildman–Crippen LogP) is 4.47. The van der Waals surface area contributed by atoms with Gasteiger partial charge in [-0.15, -0.1) is 11.3 Å². The van der Waals surface area contributed by atoms with Gasteiger partial charge in [-0.1, -0.05) is 13.8 Å². The SMILES string of the molecule is CCN(CC)S(=O)(=O)c1ccc(OCc2csc(-c3ccc(F)cc3)n2)c([N+](=O)[O-])c1. The predicted molar refractivity (Wildman–Crippen MR) is 115 cm³/mol. The average Bonchev–Trinajstić information content (AvgIpc) is 3.22. The van der Waals surface area contributed by atoms with Gasteiger partial charge in [0.25, 0.3) is 0 Å². The zero-order valence-corrected chi connectivity index (χ0v) is 18.5. The van der Waals surface area contributed by atoms with E-state index in [1.54, 1.807) is 31.4 Å². The summed E-state index contributed by atoms with van der Waals surface area (Å²) >= 11 is 1.34. The van der Waals surface area contributed by atoms with Gasteiger partial charge in [0.15, 0.2) is 5.75 Å². The minimum absolute atomic E-state index is 0.0410. The Balaban J connectivity index is 1.81. The second kappa shape index (κ2) is 9.50. The molecular weight excluding hydrogens is 445 g/mol. The quantitative estimate of drug-likeness (QED) is 0.341. The molecule has 1 aromatic heterocycles. The van der Waals surface area contributed by atoms with Crippen molar-refractivity contribution in [3.8, 4) is 16.3 Å². The Kier molecular flexibility index (Phi) is 6.98. The summed E-state index contributed by atoms with van der Waals surface area (Å²) in [6.07, 6.45) is 0. The van der Waals surface area contributed by atoms with E-state index in [1.807, 2.05) is 0 Å². The van der Waals surface area contributed by atoms with E-state index in [4.69, 9.17) is 4.74 Å². The molecule has 0 amide bonds. The van der Waals surface area contributed by atoms with Gasteiger partial charge in [-0.05, 0) is 36.4 Å². The van der Waals surface area contributed by atoms with Crippen molar-refractivity contribution >= 4 is 27.0 Å². The summed E-state index contributed by atoms with van der Waals surface area (Å²) in [5.74, 6) is -0.401. The number of halogens is 1. The van der Waals surface area contributed by atoms with Crippen molar-refractivity contribution in [1.29, 1.82) is 0 Å². The van der Waals surface area contributed by atoms with Gasteiger partial charge in [-0.25, -0.2) is 17.8 Å². The monoisotopic (exact) mass is 465 g/mol. The van der Waals surface area contributed by atoms with E-state index in [0.717, 1.165) is 11.6 Å². The number of benzene rings is 2. The van der Waals surface area contributed by atoms with Crippen LogP contribution in [0.25, 0.3) is 10.6 Å². The molecule has 11 heteroatoms. The number of rotatable bonds is 9. The topological polar surface area (TPSA) is 103 Å². The van der Waals surface area contributed by atoms with Crippen LogP contribution in [0.3, 0.4) is 0 Å². The van der Waals surface area contributed by atoms with Gasteiger partial charge >= 0.3 is 5.69 Å². The van der Waals surface area contributed by atoms with Crippen molar-refractivity contribution in [3.63, 3.8) is 0 Å². The molecule has 0 saturated carbocycles. The number of hydrogen-bond donors (Lipinski definition) is 0. The average molecular weight is 466 g/mol. The minimum Gasteiger partial charge on any atom is -0.480 e. The van der Waals surface area contributed by atoms with E-state index in [9.17, 15) is 22.9 Å². The molecule has 31 heavy (non-hydrogen) atoms. The van der Waals surface area contributed by atoms with Crippen molar-refractivity contribution in [2.24, 2.45) is 0 Å². The highest BCUT2D eigenvalue weighted by Gasteiger charge is 2.26. The molecule has 0 aliphatic carbocycles. The smallest absolute Gasteiger partial charge is 0.312 e. The number of nitro benzene ring substituents is 1. The molecule has 0 spiro atoms. The number of aromatic nitrogens is 1. The Labute approximate surface area is 183 Å². The second-order valence-electron chi connectivity index (χ2n) is 6.42. The zero-order valence-electron chi connectivity index (χ0n) is 16.8. The van der Waals surface area contributed by atoms with Crippen LogP contribution in [0.5, 0.6) is 5.75 Å². The summed E-state index contributed by atoms with van der Waals surface area (Å²) in [5.41, 5.74) is 0.843. The van der Waals surface area contributed by atoms with E-state index >= 15 is 0 Å². The van der Waals surface area contributed by atoms with Crippen LogP contribution in [-0.4, -0.2) is 35.7 Å². The lowest BCUT2D eigenvalue weighted by Gasteiger charge is -2.18. The van der Waals surface area contributed by atoms with Gasteiger partial charge < -0.3 is 4.74 Å². The number of nitro groups is 1. The van der Waals surface area contributed by atoms with Gasteiger partial charge in [0.2, 0.25) is 10.0 Å². The molecule has 0 atom stereocenters. The van der Waals surface area contributed by atoms with E-state index in [2.05, 4.69) is 4.98 Å². The molecule has 0 radical (unpaired) electrons. The highest BCUT2D eigenvalue weighted by atomic mass is 32.2. The molecule has 3 aromatic rings. The number of sulfonamides is 1. The van der Waals surface area contributed by atoms with Crippen molar-refractivity contribution < 1.29 is 22.5 Å². The van der Waals surface area contributed by atoms with Gasteiger partial charge in [-0.2, -0.15) is 4.31 Å². The standard InChI is InChI=1S/C20H20FN3O5S2/c1-3-23(4-2)31(27,28)17-9-10-19(18(11-17)24(25)26)29-12-16-13-30-20(22-16)14-5-7-15(21)8-6-14/h5-11,13H,3-4,12H2,1-2H3. The first-order valence-electron chi connectivity index (χ1n) is 9.38. The first-order valence-corrected chi connectivity index (χ1v) is 11.7. The highest BCUT2D eigenvalue weighted by molar-refractivity contribution is 7.89. The van der Waals surface area contributed by atoms with Crippen LogP contribution in [0.15, 0.2) is 52.7 Å². The fourth-order valence-electron chi connectivity index (χ4n) is 2.88. The molecule has 2 aromatic carbocycles. The van der Waals surface area contributed by atoms with Crippen LogP contribution in [0.1, 0.15) is 19.5 Å². The van der Waals surface area contributed by atoms with Crippen LogP contribution in [0.2, 0.25) is 0 Å². The van der Waals surface area contributed by atoms with Gasteiger partial charge in [-0.3, -0.25) is 10.1 Å². The molecule has 0 fully saturated rings. The maximum Gasteiger partial charge on any atom is 0.312 e. The fourth-order valence-corrected chi connectivity index (χ4v) is 5.17. The summed E-state index contributed by atoms with van der Waals surface area (Å²) in [6.45, 7) is 3.86. The Hall–Kier alpha value is -2.89. The molecule has 0 unspecified atom stereocenters. The Bertz CT molecular complexity index is 1180. The Morgan fingerprint density at radius 2 is 1.84 bits per heavy atom. The first kappa shape index (κ1) is 22.8. The molecular formula is C20H20FN3O5S2. The summed E-state index contributed by atoms with van der Waals surface area (Å²) in [5, 5.41) is 13.9. The summed E-state index contributed by atoms with van der Waals surface area (Å²) in [7, 11) is -3.84. The highest BCUT2D eigenvalue weighted by Crippen LogP contribution is 2.32. The summed E-state index contributed by atoms with van der Waals surface area (Å²) in [4.78, 5) is 15.1. The maximum atomic E-state index is 13.1. The lowest BCUT2D eigenvalue weighted by molar-refractivity contribution is -0.386. The largest absolute Gasteiger partial charge is 0.480 e. The number of hydrogen-bond acceptors (Lipinski definition) is 7. The van der Waals surface area contributed by atoms with Gasteiger partial charge in [0, 0.05) is 30.1 Å². The molecule has 0 aliphatic heterocycles. The maximum absolute atomic E-state index is 13.1. The van der Waals surface area contributed by atoms with Crippen LogP contribution >= 0.6 is 11.3 Å². The molecule has 1 heterocycles. The van der Waals surface area contributed by atoms with Crippen LogP contribution < -0.4 is 4.74 Å². The third-order valence-electron chi connectivity index (χ3n) is 4.49. The van der Waals surface area contributed by atoms with Crippen LogP contribution in [0.4, 0.5) is 10.1 Å². The van der Waals surface area contributed by atoms with E-state index in [-0.39, 0.29) is 36.2 Å². The Morgan fingerprint density at radius 1 is 1.16 bits per heavy atom. The number of ether oxygens (including phenoxy) is 1. The lowest BCUT2D eigenvalue weighted by atomic mass is 10.2. The Morgan fingerprint density at radius 3 is 2.45 bits per heavy atom. The number of nitrogens with zero attached hydrogens (tertiary/aromatic N) is 3. The second-order valence-corrected chi connectivity index (χ2v) is 9.21. The molecule has 0 bridgehead atoms. The summed E-state index contributed by atoms with van der Waals surface area (Å²) < 4.78 is 45.2.